The molecule has 0 aromatic heterocycles. The number of unbranched alkanes of at least 4 members (excludes halogenated alkanes) is 3. The second kappa shape index (κ2) is 14.8. The molecule has 4 aromatic carbocycles. The third kappa shape index (κ3) is 7.15. The van der Waals surface area contributed by atoms with Crippen LogP contribution in [0.15, 0.2) is 109 Å². The fourth-order valence-electron chi connectivity index (χ4n) is 4.78. The zero-order valence-electron chi connectivity index (χ0n) is 21.7. The number of ether oxygens (including phenoxy) is 3. The van der Waals surface area contributed by atoms with Crippen LogP contribution in [0.3, 0.4) is 0 Å². The van der Waals surface area contributed by atoms with Gasteiger partial charge in [0.05, 0.1) is 27.0 Å². The molecule has 4 aromatic rings. The van der Waals surface area contributed by atoms with Crippen LogP contribution in [0.2, 0.25) is 0 Å². The second-order valence-corrected chi connectivity index (χ2v) is 12.4. The molecule has 3 nitrogen and oxygen atoms in total. The van der Waals surface area contributed by atoms with Gasteiger partial charge in [0, 0.05) is 6.07 Å². The summed E-state index contributed by atoms with van der Waals surface area (Å²) in [7, 11) is 1.55. The summed E-state index contributed by atoms with van der Waals surface area (Å²) in [5.41, 5.74) is 0. The first-order valence-corrected chi connectivity index (χ1v) is 14.6. The summed E-state index contributed by atoms with van der Waals surface area (Å²) in [6.07, 6.45) is 5.71. The minimum Gasteiger partial charge on any atom is -0.493 e. The molecule has 0 bridgehead atoms. The molecule has 0 atom stereocenters. The number of benzene rings is 4. The van der Waals surface area contributed by atoms with Crippen LogP contribution in [0, 0.1) is 17.0 Å². The number of halogens is 1. The zero-order valence-corrected chi connectivity index (χ0v) is 24.2. The SMILES string of the molecule is COc1ccc(OCCCCCC[P+](c2ccccc2)(c2ccccc2)c2ccccc2)cc1OC.[Br+]. The quantitative estimate of drug-likeness (QED) is 0.131. The lowest BCUT2D eigenvalue weighted by Crippen LogP contribution is -2.33. The van der Waals surface area contributed by atoms with Gasteiger partial charge in [0.1, 0.15) is 28.9 Å². The summed E-state index contributed by atoms with van der Waals surface area (Å²) in [5.74, 6) is 2.22. The molecule has 5 heteroatoms. The number of hydrogen-bond acceptors (Lipinski definition) is 3. The second-order valence-electron chi connectivity index (χ2n) is 8.82. The predicted octanol–water partition coefficient (Wildman–Crippen LogP) is 6.64. The maximum absolute atomic E-state index is 5.97. The van der Waals surface area contributed by atoms with E-state index < -0.39 is 7.26 Å². The van der Waals surface area contributed by atoms with Gasteiger partial charge in [-0.3, -0.25) is 0 Å². The van der Waals surface area contributed by atoms with Crippen molar-refractivity contribution in [1.82, 2.24) is 0 Å². The molecule has 4 rings (SSSR count). The summed E-state index contributed by atoms with van der Waals surface area (Å²) in [4.78, 5) is 0. The molecule has 37 heavy (non-hydrogen) atoms. The first-order valence-electron chi connectivity index (χ1n) is 12.7. The van der Waals surface area contributed by atoms with E-state index in [1.165, 1.54) is 34.9 Å². The molecule has 0 N–H and O–H groups in total. The van der Waals surface area contributed by atoms with Gasteiger partial charge < -0.3 is 14.2 Å². The average molecular weight is 580 g/mol. The topological polar surface area (TPSA) is 27.7 Å². The Morgan fingerprint density at radius 1 is 0.541 bits per heavy atom. The maximum atomic E-state index is 5.97. The first-order chi connectivity index (χ1) is 17.8. The Balaban J connectivity index is 0.00000380. The lowest BCUT2D eigenvalue weighted by atomic mass is 10.2. The van der Waals surface area contributed by atoms with E-state index in [1.54, 1.807) is 14.2 Å². The van der Waals surface area contributed by atoms with Crippen LogP contribution in [0.1, 0.15) is 25.7 Å². The van der Waals surface area contributed by atoms with Crippen LogP contribution in [0.5, 0.6) is 17.2 Å². The fraction of sp³-hybridized carbons (Fsp3) is 0.250. The molecule has 0 unspecified atom stereocenters. The average Bonchev–Trinajstić information content (AvgIpc) is 2.96. The summed E-state index contributed by atoms with van der Waals surface area (Å²) in [6.45, 7) is 0.700. The van der Waals surface area contributed by atoms with E-state index in [2.05, 4.69) is 91.0 Å². The van der Waals surface area contributed by atoms with Gasteiger partial charge in [-0.25, -0.2) is 0 Å². The van der Waals surface area contributed by atoms with Crippen molar-refractivity contribution in [3.8, 4) is 17.2 Å². The van der Waals surface area contributed by atoms with Crippen LogP contribution in [-0.2, 0) is 0 Å². The summed E-state index contributed by atoms with van der Waals surface area (Å²) in [6, 6.07) is 39.1. The minimum atomic E-state index is -1.73. The van der Waals surface area contributed by atoms with Crippen molar-refractivity contribution in [1.29, 1.82) is 0 Å². The molecule has 0 aliphatic rings. The molecule has 0 heterocycles. The summed E-state index contributed by atoms with van der Waals surface area (Å²) >= 11 is 0. The van der Waals surface area contributed by atoms with Crippen LogP contribution in [0.4, 0.5) is 0 Å². The Kier molecular flexibility index (Phi) is 11.5. The van der Waals surface area contributed by atoms with Gasteiger partial charge in [0.25, 0.3) is 0 Å². The van der Waals surface area contributed by atoms with Gasteiger partial charge >= 0.3 is 17.0 Å². The maximum Gasteiger partial charge on any atom is 1.00 e. The van der Waals surface area contributed by atoms with Gasteiger partial charge in [0.2, 0.25) is 0 Å². The van der Waals surface area contributed by atoms with Gasteiger partial charge in [-0.05, 0) is 74.2 Å². The number of rotatable bonds is 13. The van der Waals surface area contributed by atoms with E-state index in [1.807, 2.05) is 18.2 Å². The summed E-state index contributed by atoms with van der Waals surface area (Å²) in [5, 5.41) is 4.37. The van der Waals surface area contributed by atoms with Crippen LogP contribution in [-0.4, -0.2) is 27.0 Å². The van der Waals surface area contributed by atoms with Gasteiger partial charge in [0.15, 0.2) is 11.5 Å². The van der Waals surface area contributed by atoms with E-state index in [0.717, 1.165) is 18.6 Å². The molecule has 0 amide bonds. The van der Waals surface area contributed by atoms with E-state index in [-0.39, 0.29) is 17.0 Å². The van der Waals surface area contributed by atoms with Crippen molar-refractivity contribution in [2.24, 2.45) is 0 Å². The Bertz CT molecular complexity index is 1090. The fourth-order valence-corrected chi connectivity index (χ4v) is 9.19. The largest absolute Gasteiger partial charge is 1.00 e. The third-order valence-electron chi connectivity index (χ3n) is 6.60. The van der Waals surface area contributed by atoms with Crippen molar-refractivity contribution < 1.29 is 31.2 Å². The summed E-state index contributed by atoms with van der Waals surface area (Å²) < 4.78 is 16.7. The van der Waals surface area contributed by atoms with Crippen molar-refractivity contribution >= 4 is 23.2 Å². The highest BCUT2D eigenvalue weighted by Crippen LogP contribution is 2.56. The molecular formula is C32H36BrO3P+2. The van der Waals surface area contributed by atoms with Crippen molar-refractivity contribution in [3.05, 3.63) is 109 Å². The highest BCUT2D eigenvalue weighted by Gasteiger charge is 2.44. The molecule has 0 aliphatic carbocycles. The first kappa shape index (κ1) is 28.8. The third-order valence-corrected chi connectivity index (χ3v) is 11.1. The molecule has 0 saturated heterocycles. The van der Waals surface area contributed by atoms with Gasteiger partial charge in [-0.2, -0.15) is 0 Å². The number of methoxy groups -OCH3 is 2. The van der Waals surface area contributed by atoms with Crippen molar-refractivity contribution in [3.63, 3.8) is 0 Å². The molecule has 2 radical (unpaired) electrons. The zero-order chi connectivity index (χ0) is 25.1. The van der Waals surface area contributed by atoms with Crippen molar-refractivity contribution in [2.75, 3.05) is 27.0 Å². The lowest BCUT2D eigenvalue weighted by Gasteiger charge is -2.27. The van der Waals surface area contributed by atoms with Crippen LogP contribution >= 0.6 is 7.26 Å². The molecule has 0 spiro atoms. The normalized spacial score (nSPS) is 10.9. The van der Waals surface area contributed by atoms with E-state index >= 15 is 0 Å². The standard InChI is InChI=1S/C32H36O3P.Br/c1-33-31-23-22-27(26-32(31)34-2)35-24-14-3-4-15-25-36(28-16-8-5-9-17-28,29-18-10-6-11-19-29)30-20-12-7-13-21-30;/h5-13,16-23,26H,3-4,14-15,24-25H2,1-2H3;/q2*+1. The Labute approximate surface area is 232 Å². The predicted molar refractivity (Wildman–Crippen MR) is 154 cm³/mol. The Morgan fingerprint density at radius 2 is 1.03 bits per heavy atom. The molecule has 0 fully saturated rings. The Morgan fingerprint density at radius 3 is 1.51 bits per heavy atom. The minimum absolute atomic E-state index is 0. The molecule has 0 aliphatic heterocycles. The molecule has 192 valence electrons. The van der Waals surface area contributed by atoms with Gasteiger partial charge in [-0.15, -0.1) is 0 Å². The smallest absolute Gasteiger partial charge is 0.493 e. The van der Waals surface area contributed by atoms with Crippen LogP contribution in [0.25, 0.3) is 0 Å². The monoisotopic (exact) mass is 578 g/mol. The van der Waals surface area contributed by atoms with Gasteiger partial charge in [-0.1, -0.05) is 54.6 Å². The highest BCUT2D eigenvalue weighted by atomic mass is 79.9. The van der Waals surface area contributed by atoms with E-state index in [4.69, 9.17) is 14.2 Å². The van der Waals surface area contributed by atoms with Crippen LogP contribution < -0.4 is 30.1 Å². The molecule has 0 saturated carbocycles. The van der Waals surface area contributed by atoms with E-state index in [9.17, 15) is 0 Å². The number of hydrogen-bond donors (Lipinski definition) is 0. The highest BCUT2D eigenvalue weighted by molar-refractivity contribution is 7.95. The lowest BCUT2D eigenvalue weighted by molar-refractivity contribution is -0.00000817. The Hall–Kier alpha value is -2.81. The van der Waals surface area contributed by atoms with Crippen molar-refractivity contribution in [2.45, 2.75) is 25.7 Å². The van der Waals surface area contributed by atoms with E-state index in [0.29, 0.717) is 18.1 Å². The molecular weight excluding hydrogens is 543 g/mol.